The molecule has 1 N–H and O–H groups in total. The Hall–Kier alpha value is -2.48. The summed E-state index contributed by atoms with van der Waals surface area (Å²) in [6, 6.07) is 4.48. The van der Waals surface area contributed by atoms with Gasteiger partial charge in [0.05, 0.1) is 0 Å². The number of hydrogen-bond acceptors (Lipinski definition) is 3. The quantitative estimate of drug-likeness (QED) is 0.738. The van der Waals surface area contributed by atoms with Crippen molar-refractivity contribution in [3.8, 4) is 17.1 Å². The Morgan fingerprint density at radius 3 is 2.48 bits per heavy atom. The van der Waals surface area contributed by atoms with Crippen LogP contribution in [-0.2, 0) is 0 Å². The molecule has 4 nitrogen and oxygen atoms in total. The molecule has 8 heteroatoms. The Balaban J connectivity index is 2.30. The molecule has 0 bridgehead atoms. The first-order chi connectivity index (χ1) is 10.1. The minimum atomic E-state index is -1.07. The number of pyridine rings is 1. The minimum Gasteiger partial charge on any atom is -0.264 e. The van der Waals surface area contributed by atoms with Crippen LogP contribution in [0.3, 0.4) is 0 Å². The SMILES string of the molecule is Fc1cc(F)c(-n2c(-c3cccnc3)n[nH]c2=S)c(F)c1. The molecule has 21 heavy (non-hydrogen) atoms. The zero-order valence-corrected chi connectivity index (χ0v) is 11.2. The van der Waals surface area contributed by atoms with Crippen LogP contribution in [0.4, 0.5) is 13.2 Å². The van der Waals surface area contributed by atoms with Crippen molar-refractivity contribution < 1.29 is 13.2 Å². The number of H-pyrrole nitrogens is 1. The van der Waals surface area contributed by atoms with Crippen molar-refractivity contribution in [1.29, 1.82) is 0 Å². The van der Waals surface area contributed by atoms with Crippen molar-refractivity contribution in [1.82, 2.24) is 19.7 Å². The number of hydrogen-bond donors (Lipinski definition) is 1. The van der Waals surface area contributed by atoms with E-state index in [0.717, 1.165) is 4.57 Å². The fourth-order valence-corrected chi connectivity index (χ4v) is 2.16. The third-order valence-electron chi connectivity index (χ3n) is 2.80. The summed E-state index contributed by atoms with van der Waals surface area (Å²) in [5, 5.41) is 6.41. The first-order valence-corrected chi connectivity index (χ1v) is 6.21. The van der Waals surface area contributed by atoms with Crippen LogP contribution >= 0.6 is 12.2 Å². The maximum absolute atomic E-state index is 13.9. The predicted octanol–water partition coefficient (Wildman–Crippen LogP) is 3.41. The van der Waals surface area contributed by atoms with Gasteiger partial charge in [-0.05, 0) is 24.4 Å². The molecule has 2 heterocycles. The topological polar surface area (TPSA) is 46.5 Å². The molecule has 0 unspecified atom stereocenters. The van der Waals surface area contributed by atoms with Crippen LogP contribution in [0, 0.1) is 22.2 Å². The van der Waals surface area contributed by atoms with E-state index in [1.807, 2.05) is 0 Å². The molecule has 1 aromatic carbocycles. The van der Waals surface area contributed by atoms with E-state index in [1.165, 1.54) is 6.20 Å². The van der Waals surface area contributed by atoms with Gasteiger partial charge in [0, 0.05) is 30.1 Å². The van der Waals surface area contributed by atoms with E-state index in [0.29, 0.717) is 17.7 Å². The Morgan fingerprint density at radius 2 is 1.86 bits per heavy atom. The molecule has 0 fully saturated rings. The van der Waals surface area contributed by atoms with Gasteiger partial charge in [-0.1, -0.05) is 0 Å². The Labute approximate surface area is 121 Å². The second-order valence-corrected chi connectivity index (χ2v) is 4.53. The van der Waals surface area contributed by atoms with Gasteiger partial charge in [0.25, 0.3) is 0 Å². The van der Waals surface area contributed by atoms with Crippen LogP contribution in [-0.4, -0.2) is 19.7 Å². The number of nitrogens with one attached hydrogen (secondary N) is 1. The highest BCUT2D eigenvalue weighted by atomic mass is 32.1. The Bertz CT molecular complexity index is 834. The zero-order valence-electron chi connectivity index (χ0n) is 10.3. The molecule has 0 aliphatic heterocycles. The molecule has 0 amide bonds. The molecule has 0 aliphatic carbocycles. The number of aromatic nitrogens is 4. The lowest BCUT2D eigenvalue weighted by Crippen LogP contribution is -2.05. The van der Waals surface area contributed by atoms with Crippen LogP contribution in [0.15, 0.2) is 36.7 Å². The Morgan fingerprint density at radius 1 is 1.14 bits per heavy atom. The second-order valence-electron chi connectivity index (χ2n) is 4.15. The molecule has 106 valence electrons. The highest BCUT2D eigenvalue weighted by Gasteiger charge is 2.19. The number of rotatable bonds is 2. The van der Waals surface area contributed by atoms with Crippen molar-refractivity contribution in [3.05, 3.63) is 58.9 Å². The smallest absolute Gasteiger partial charge is 0.200 e. The third kappa shape index (κ3) is 2.33. The van der Waals surface area contributed by atoms with Gasteiger partial charge in [-0.15, -0.1) is 0 Å². The average Bonchev–Trinajstić information content (AvgIpc) is 2.81. The van der Waals surface area contributed by atoms with Gasteiger partial charge >= 0.3 is 0 Å². The van der Waals surface area contributed by atoms with Gasteiger partial charge in [0.1, 0.15) is 11.5 Å². The summed E-state index contributed by atoms with van der Waals surface area (Å²) in [5.74, 6) is -2.98. The van der Waals surface area contributed by atoms with Crippen molar-refractivity contribution in [3.63, 3.8) is 0 Å². The van der Waals surface area contributed by atoms with Gasteiger partial charge < -0.3 is 0 Å². The van der Waals surface area contributed by atoms with Crippen LogP contribution < -0.4 is 0 Å². The van der Waals surface area contributed by atoms with Gasteiger partial charge in [-0.2, -0.15) is 5.10 Å². The van der Waals surface area contributed by atoms with Crippen molar-refractivity contribution >= 4 is 12.2 Å². The monoisotopic (exact) mass is 308 g/mol. The van der Waals surface area contributed by atoms with E-state index < -0.39 is 23.1 Å². The molecular formula is C13H7F3N4S. The summed E-state index contributed by atoms with van der Waals surface area (Å²) in [6.45, 7) is 0. The van der Waals surface area contributed by atoms with Crippen LogP contribution in [0.2, 0.25) is 0 Å². The van der Waals surface area contributed by atoms with Crippen LogP contribution in [0.5, 0.6) is 0 Å². The molecule has 0 atom stereocenters. The average molecular weight is 308 g/mol. The molecule has 0 saturated heterocycles. The molecule has 3 rings (SSSR count). The van der Waals surface area contributed by atoms with Gasteiger partial charge in [0.15, 0.2) is 22.2 Å². The van der Waals surface area contributed by atoms with E-state index in [-0.39, 0.29) is 10.6 Å². The van der Waals surface area contributed by atoms with Gasteiger partial charge in [-0.25, -0.2) is 13.2 Å². The highest BCUT2D eigenvalue weighted by Crippen LogP contribution is 2.25. The fourth-order valence-electron chi connectivity index (χ4n) is 1.94. The normalized spacial score (nSPS) is 10.8. The molecular weight excluding hydrogens is 301 g/mol. The maximum Gasteiger partial charge on any atom is 0.200 e. The summed E-state index contributed by atoms with van der Waals surface area (Å²) in [6.07, 6.45) is 3.02. The van der Waals surface area contributed by atoms with Crippen molar-refractivity contribution in [2.75, 3.05) is 0 Å². The molecule has 0 aliphatic rings. The maximum atomic E-state index is 13.9. The fraction of sp³-hybridized carbons (Fsp3) is 0. The highest BCUT2D eigenvalue weighted by molar-refractivity contribution is 7.71. The third-order valence-corrected chi connectivity index (χ3v) is 3.07. The first kappa shape index (κ1) is 13.5. The largest absolute Gasteiger partial charge is 0.264 e. The lowest BCUT2D eigenvalue weighted by molar-refractivity contribution is 0.534. The summed E-state index contributed by atoms with van der Waals surface area (Å²) < 4.78 is 42.0. The summed E-state index contributed by atoms with van der Waals surface area (Å²) in [7, 11) is 0. The summed E-state index contributed by atoms with van der Waals surface area (Å²) in [4.78, 5) is 3.92. The molecule has 2 aromatic heterocycles. The van der Waals surface area contributed by atoms with E-state index in [4.69, 9.17) is 12.2 Å². The molecule has 0 saturated carbocycles. The Kier molecular flexibility index (Phi) is 3.30. The minimum absolute atomic E-state index is 0.0155. The lowest BCUT2D eigenvalue weighted by atomic mass is 10.2. The van der Waals surface area contributed by atoms with Crippen LogP contribution in [0.25, 0.3) is 17.1 Å². The number of nitrogens with zero attached hydrogens (tertiary/aromatic N) is 3. The lowest BCUT2D eigenvalue weighted by Gasteiger charge is -2.09. The second kappa shape index (κ2) is 5.13. The van der Waals surface area contributed by atoms with E-state index in [2.05, 4.69) is 15.2 Å². The van der Waals surface area contributed by atoms with E-state index in [9.17, 15) is 13.2 Å². The standard InChI is InChI=1S/C13H7F3N4S/c14-8-4-9(15)11(10(16)5-8)20-12(18-19-13(20)21)7-2-1-3-17-6-7/h1-6H,(H,19,21). The molecule has 0 spiro atoms. The first-order valence-electron chi connectivity index (χ1n) is 5.80. The van der Waals surface area contributed by atoms with Gasteiger partial charge in [-0.3, -0.25) is 14.6 Å². The zero-order chi connectivity index (χ0) is 15.0. The molecule has 3 aromatic rings. The van der Waals surface area contributed by atoms with E-state index >= 15 is 0 Å². The molecule has 0 radical (unpaired) electrons. The number of halogens is 3. The summed E-state index contributed by atoms with van der Waals surface area (Å²) in [5.41, 5.74) is 0.0157. The number of benzene rings is 1. The van der Waals surface area contributed by atoms with Gasteiger partial charge in [0.2, 0.25) is 0 Å². The van der Waals surface area contributed by atoms with Crippen molar-refractivity contribution in [2.24, 2.45) is 0 Å². The van der Waals surface area contributed by atoms with Crippen molar-refractivity contribution in [2.45, 2.75) is 0 Å². The van der Waals surface area contributed by atoms with E-state index in [1.54, 1.807) is 18.3 Å². The number of aromatic amines is 1. The van der Waals surface area contributed by atoms with Crippen LogP contribution in [0.1, 0.15) is 0 Å². The predicted molar refractivity (Wildman–Crippen MR) is 71.9 cm³/mol. The summed E-state index contributed by atoms with van der Waals surface area (Å²) >= 11 is 5.00.